The summed E-state index contributed by atoms with van der Waals surface area (Å²) in [4.78, 5) is 5.89. The van der Waals surface area contributed by atoms with Gasteiger partial charge in [-0.15, -0.1) is 0 Å². The van der Waals surface area contributed by atoms with Gasteiger partial charge in [-0.1, -0.05) is 22.9 Å². The number of hydrogen-bond donors (Lipinski definition) is 1. The second-order valence-electron chi connectivity index (χ2n) is 4.04. The molecule has 0 aromatic carbocycles. The summed E-state index contributed by atoms with van der Waals surface area (Å²) in [6, 6.07) is 0.636. The maximum Gasteiger partial charge on any atom is 0.251 e. The van der Waals surface area contributed by atoms with Gasteiger partial charge in [-0.05, 0) is 19.9 Å². The van der Waals surface area contributed by atoms with E-state index in [1.165, 1.54) is 19.0 Å². The molecule has 8 heteroatoms. The van der Waals surface area contributed by atoms with Crippen LogP contribution in [0.3, 0.4) is 0 Å². The number of nitrogens with zero attached hydrogens (tertiary/aromatic N) is 2. The number of hydrogen-bond acceptors (Lipinski definition) is 5. The predicted octanol–water partition coefficient (Wildman–Crippen LogP) is 1.17. The highest BCUT2D eigenvalue weighted by molar-refractivity contribution is 7.91. The first-order valence-corrected chi connectivity index (χ1v) is 7.98. The lowest BCUT2D eigenvalue weighted by Crippen LogP contribution is -2.33. The molecule has 5 nitrogen and oxygen atoms in total. The number of thiazole rings is 1. The zero-order valence-electron chi connectivity index (χ0n) is 9.39. The lowest BCUT2D eigenvalue weighted by molar-refractivity contribution is 0.329. The quantitative estimate of drug-likeness (QED) is 0.856. The van der Waals surface area contributed by atoms with Crippen molar-refractivity contribution >= 4 is 33.0 Å². The van der Waals surface area contributed by atoms with Crippen LogP contribution in [0.2, 0.25) is 4.47 Å². The largest absolute Gasteiger partial charge is 0.302 e. The van der Waals surface area contributed by atoms with Gasteiger partial charge in [-0.3, -0.25) is 0 Å². The molecule has 0 amide bonds. The van der Waals surface area contributed by atoms with E-state index < -0.39 is 10.0 Å². The highest BCUT2D eigenvalue weighted by Gasteiger charge is 2.26. The van der Waals surface area contributed by atoms with Gasteiger partial charge >= 0.3 is 0 Å². The normalized spacial score (nSPS) is 16.6. The highest BCUT2D eigenvalue weighted by Crippen LogP contribution is 2.25. The van der Waals surface area contributed by atoms with E-state index in [-0.39, 0.29) is 8.68 Å². The fourth-order valence-electron chi connectivity index (χ4n) is 1.49. The summed E-state index contributed by atoms with van der Waals surface area (Å²) < 4.78 is 26.5. The number of halogens is 1. The molecule has 1 heterocycles. The molecule has 0 spiro atoms. The molecular weight excluding hydrogens is 282 g/mol. The van der Waals surface area contributed by atoms with Crippen molar-refractivity contribution in [3.05, 3.63) is 10.7 Å². The minimum atomic E-state index is -3.45. The Morgan fingerprint density at radius 3 is 2.88 bits per heavy atom. The van der Waals surface area contributed by atoms with Crippen LogP contribution in [-0.4, -0.2) is 44.5 Å². The monoisotopic (exact) mass is 295 g/mol. The summed E-state index contributed by atoms with van der Waals surface area (Å²) in [6.45, 7) is 1.13. The van der Waals surface area contributed by atoms with Crippen LogP contribution in [0, 0.1) is 0 Å². The Morgan fingerprint density at radius 1 is 1.65 bits per heavy atom. The van der Waals surface area contributed by atoms with E-state index >= 15 is 0 Å². The standard InChI is InChI=1S/C9H14ClN3O2S2/c1-13(7-2-3-7)5-4-12-17(14,15)8-6-11-9(10)16-8/h6-7,12H,2-5H2,1H3. The molecule has 0 bridgehead atoms. The lowest BCUT2D eigenvalue weighted by atomic mass is 10.5. The topological polar surface area (TPSA) is 62.3 Å². The molecule has 0 unspecified atom stereocenters. The smallest absolute Gasteiger partial charge is 0.251 e. The summed E-state index contributed by atoms with van der Waals surface area (Å²) in [7, 11) is -1.44. The second-order valence-corrected chi connectivity index (χ2v) is 7.65. The molecule has 0 radical (unpaired) electrons. The fraction of sp³-hybridized carbons (Fsp3) is 0.667. The molecule has 1 saturated carbocycles. The Hall–Kier alpha value is -0.210. The number of likely N-dealkylation sites (N-methyl/N-ethyl adjacent to an activating group) is 1. The Kier molecular flexibility index (Phi) is 4.04. The molecule has 1 aromatic rings. The van der Waals surface area contributed by atoms with Crippen molar-refractivity contribution in [2.75, 3.05) is 20.1 Å². The summed E-state index contributed by atoms with van der Waals surface area (Å²) in [5, 5.41) is 0. The van der Waals surface area contributed by atoms with Crippen LogP contribution in [0.15, 0.2) is 10.4 Å². The van der Waals surface area contributed by atoms with Gasteiger partial charge in [0.05, 0.1) is 6.20 Å². The number of nitrogens with one attached hydrogen (secondary N) is 1. The SMILES string of the molecule is CN(CCNS(=O)(=O)c1cnc(Cl)s1)C1CC1. The molecule has 1 aromatic heterocycles. The zero-order chi connectivity index (χ0) is 12.5. The maximum absolute atomic E-state index is 11.8. The summed E-state index contributed by atoms with van der Waals surface area (Å²) in [5.41, 5.74) is 0. The summed E-state index contributed by atoms with van der Waals surface area (Å²) >= 11 is 6.57. The predicted molar refractivity (Wildman–Crippen MR) is 68.0 cm³/mol. The van der Waals surface area contributed by atoms with Gasteiger partial charge in [-0.2, -0.15) is 0 Å². The second kappa shape index (κ2) is 5.19. The third kappa shape index (κ3) is 3.62. The minimum Gasteiger partial charge on any atom is -0.302 e. The van der Waals surface area contributed by atoms with Crippen molar-refractivity contribution in [1.82, 2.24) is 14.6 Å². The fourth-order valence-corrected chi connectivity index (χ4v) is 3.85. The van der Waals surface area contributed by atoms with E-state index in [0.717, 1.165) is 17.9 Å². The van der Waals surface area contributed by atoms with Crippen molar-refractivity contribution in [1.29, 1.82) is 0 Å². The average Bonchev–Trinajstić information content (AvgIpc) is 3.01. The molecule has 1 N–H and O–H groups in total. The Labute approximate surface area is 110 Å². The van der Waals surface area contributed by atoms with Gasteiger partial charge in [-0.25, -0.2) is 18.1 Å². The average molecular weight is 296 g/mol. The first kappa shape index (κ1) is 13.2. The molecule has 1 fully saturated rings. The van der Waals surface area contributed by atoms with Crippen LogP contribution < -0.4 is 4.72 Å². The molecule has 96 valence electrons. The molecule has 1 aliphatic rings. The van der Waals surface area contributed by atoms with Crippen LogP contribution >= 0.6 is 22.9 Å². The van der Waals surface area contributed by atoms with Crippen molar-refractivity contribution in [2.24, 2.45) is 0 Å². The lowest BCUT2D eigenvalue weighted by Gasteiger charge is -2.15. The molecule has 2 rings (SSSR count). The summed E-state index contributed by atoms with van der Waals surface area (Å²) in [5.74, 6) is 0. The first-order valence-electron chi connectivity index (χ1n) is 5.30. The van der Waals surface area contributed by atoms with Crippen molar-refractivity contribution in [3.63, 3.8) is 0 Å². The van der Waals surface area contributed by atoms with E-state index in [2.05, 4.69) is 14.6 Å². The number of sulfonamides is 1. The van der Waals surface area contributed by atoms with Gasteiger partial charge < -0.3 is 4.90 Å². The van der Waals surface area contributed by atoms with E-state index in [1.54, 1.807) is 0 Å². The first-order chi connectivity index (χ1) is 7.99. The minimum absolute atomic E-state index is 0.163. The van der Waals surface area contributed by atoms with E-state index in [4.69, 9.17) is 11.6 Å². The Balaban J connectivity index is 1.85. The molecule has 17 heavy (non-hydrogen) atoms. The van der Waals surface area contributed by atoms with Gasteiger partial charge in [0.1, 0.15) is 0 Å². The maximum atomic E-state index is 11.8. The van der Waals surface area contributed by atoms with Gasteiger partial charge in [0.2, 0.25) is 0 Å². The number of aromatic nitrogens is 1. The zero-order valence-corrected chi connectivity index (χ0v) is 11.8. The molecule has 0 saturated heterocycles. The Bertz CT molecular complexity index is 484. The molecule has 0 aliphatic heterocycles. The van der Waals surface area contributed by atoms with E-state index in [1.807, 2.05) is 7.05 Å². The van der Waals surface area contributed by atoms with Crippen LogP contribution in [0.1, 0.15) is 12.8 Å². The highest BCUT2D eigenvalue weighted by atomic mass is 35.5. The van der Waals surface area contributed by atoms with E-state index in [9.17, 15) is 8.42 Å². The van der Waals surface area contributed by atoms with Crippen LogP contribution in [-0.2, 0) is 10.0 Å². The molecule has 1 aliphatic carbocycles. The van der Waals surface area contributed by atoms with Gasteiger partial charge in [0, 0.05) is 19.1 Å². The van der Waals surface area contributed by atoms with Crippen LogP contribution in [0.25, 0.3) is 0 Å². The number of rotatable bonds is 6. The molecule has 0 atom stereocenters. The van der Waals surface area contributed by atoms with Crippen molar-refractivity contribution in [3.8, 4) is 0 Å². The van der Waals surface area contributed by atoms with E-state index in [0.29, 0.717) is 12.6 Å². The van der Waals surface area contributed by atoms with Crippen molar-refractivity contribution < 1.29 is 8.42 Å². The van der Waals surface area contributed by atoms with Crippen LogP contribution in [0.5, 0.6) is 0 Å². The van der Waals surface area contributed by atoms with Gasteiger partial charge in [0.15, 0.2) is 8.68 Å². The molecular formula is C9H14ClN3O2S2. The van der Waals surface area contributed by atoms with Gasteiger partial charge in [0.25, 0.3) is 10.0 Å². The summed E-state index contributed by atoms with van der Waals surface area (Å²) in [6.07, 6.45) is 3.71. The third-order valence-corrected chi connectivity index (χ3v) is 5.68. The third-order valence-electron chi connectivity index (χ3n) is 2.65. The van der Waals surface area contributed by atoms with Crippen LogP contribution in [0.4, 0.5) is 0 Å². The Morgan fingerprint density at radius 2 is 2.35 bits per heavy atom. The van der Waals surface area contributed by atoms with Crippen molar-refractivity contribution in [2.45, 2.75) is 23.1 Å².